The van der Waals surface area contributed by atoms with Crippen molar-refractivity contribution < 1.29 is 18.9 Å². The van der Waals surface area contributed by atoms with E-state index in [1.54, 1.807) is 36.2 Å². The van der Waals surface area contributed by atoms with Gasteiger partial charge in [0, 0.05) is 26.3 Å². The maximum Gasteiger partial charge on any atom is 0.285 e. The monoisotopic (exact) mass is 251 g/mol. The first-order valence-corrected chi connectivity index (χ1v) is 5.89. The van der Waals surface area contributed by atoms with Crippen LogP contribution in [-0.2, 0) is 16.1 Å². The Labute approximate surface area is 107 Å². The van der Waals surface area contributed by atoms with Gasteiger partial charge in [-0.25, -0.2) is 0 Å². The second-order valence-electron chi connectivity index (χ2n) is 4.02. The smallest absolute Gasteiger partial charge is 0.285 e. The first-order chi connectivity index (χ1) is 8.63. The molecule has 0 radical (unpaired) electrons. The number of pyridine rings is 1. The molecule has 0 saturated heterocycles. The van der Waals surface area contributed by atoms with Crippen LogP contribution in [0.5, 0.6) is 0 Å². The summed E-state index contributed by atoms with van der Waals surface area (Å²) in [7, 11) is 1.63. The molecule has 1 amide bonds. The molecule has 0 atom stereocenters. The van der Waals surface area contributed by atoms with E-state index in [1.165, 1.54) is 6.92 Å². The summed E-state index contributed by atoms with van der Waals surface area (Å²) >= 11 is 0. The molecule has 0 aliphatic carbocycles. The van der Waals surface area contributed by atoms with Crippen molar-refractivity contribution >= 4 is 11.7 Å². The van der Waals surface area contributed by atoms with Crippen LogP contribution in [0.15, 0.2) is 24.5 Å². The van der Waals surface area contributed by atoms with E-state index in [0.29, 0.717) is 18.7 Å². The van der Waals surface area contributed by atoms with Gasteiger partial charge in [-0.1, -0.05) is 0 Å². The van der Waals surface area contributed by atoms with Gasteiger partial charge < -0.3 is 10.1 Å². The summed E-state index contributed by atoms with van der Waals surface area (Å²) in [5.74, 6) is -0.0818. The predicted molar refractivity (Wildman–Crippen MR) is 66.1 cm³/mol. The van der Waals surface area contributed by atoms with Crippen LogP contribution >= 0.6 is 0 Å². The van der Waals surface area contributed by atoms with Crippen LogP contribution in [0.25, 0.3) is 0 Å². The SMILES string of the molecule is COCCCNC(=O)C[n+]1cccc(C(C)=O)c1. The molecule has 0 aromatic carbocycles. The van der Waals surface area contributed by atoms with Gasteiger partial charge in [0.25, 0.3) is 5.91 Å². The van der Waals surface area contributed by atoms with Crippen molar-refractivity contribution in [1.82, 2.24) is 5.32 Å². The van der Waals surface area contributed by atoms with Crippen molar-refractivity contribution in [3.8, 4) is 0 Å². The first-order valence-electron chi connectivity index (χ1n) is 5.89. The summed E-state index contributed by atoms with van der Waals surface area (Å²) in [6.45, 7) is 2.95. The molecule has 0 bridgehead atoms. The molecule has 5 nitrogen and oxygen atoms in total. The van der Waals surface area contributed by atoms with Crippen LogP contribution in [-0.4, -0.2) is 32.0 Å². The molecule has 0 unspecified atom stereocenters. The van der Waals surface area contributed by atoms with Crippen LogP contribution in [0.2, 0.25) is 0 Å². The zero-order chi connectivity index (χ0) is 13.4. The fourth-order valence-corrected chi connectivity index (χ4v) is 1.49. The lowest BCUT2D eigenvalue weighted by molar-refractivity contribution is -0.684. The van der Waals surface area contributed by atoms with Crippen molar-refractivity contribution in [2.24, 2.45) is 0 Å². The lowest BCUT2D eigenvalue weighted by Crippen LogP contribution is -2.43. The Kier molecular flexibility index (Phi) is 6.00. The van der Waals surface area contributed by atoms with E-state index in [1.807, 2.05) is 0 Å². The Hall–Kier alpha value is -1.75. The Morgan fingerprint density at radius 2 is 2.22 bits per heavy atom. The molecule has 1 N–H and O–H groups in total. The zero-order valence-electron chi connectivity index (χ0n) is 10.8. The van der Waals surface area contributed by atoms with E-state index < -0.39 is 0 Å². The average molecular weight is 251 g/mol. The lowest BCUT2D eigenvalue weighted by atomic mass is 10.2. The van der Waals surface area contributed by atoms with Crippen molar-refractivity contribution in [3.05, 3.63) is 30.1 Å². The quantitative estimate of drug-likeness (QED) is 0.431. The minimum Gasteiger partial charge on any atom is -0.385 e. The van der Waals surface area contributed by atoms with E-state index in [-0.39, 0.29) is 18.2 Å². The maximum absolute atomic E-state index is 11.6. The fraction of sp³-hybridized carbons (Fsp3) is 0.462. The highest BCUT2D eigenvalue weighted by Crippen LogP contribution is 1.94. The van der Waals surface area contributed by atoms with E-state index in [4.69, 9.17) is 4.74 Å². The zero-order valence-corrected chi connectivity index (χ0v) is 10.8. The van der Waals surface area contributed by atoms with Gasteiger partial charge in [0.15, 0.2) is 18.2 Å². The van der Waals surface area contributed by atoms with Gasteiger partial charge in [-0.15, -0.1) is 0 Å². The van der Waals surface area contributed by atoms with E-state index in [9.17, 15) is 9.59 Å². The molecule has 0 fully saturated rings. The van der Waals surface area contributed by atoms with Crippen molar-refractivity contribution in [2.75, 3.05) is 20.3 Å². The highest BCUT2D eigenvalue weighted by Gasteiger charge is 2.10. The second kappa shape index (κ2) is 7.55. The van der Waals surface area contributed by atoms with Crippen molar-refractivity contribution in [1.29, 1.82) is 0 Å². The number of aromatic nitrogens is 1. The molecular weight excluding hydrogens is 232 g/mol. The molecule has 98 valence electrons. The van der Waals surface area contributed by atoms with E-state index in [0.717, 1.165) is 6.42 Å². The predicted octanol–water partition coefficient (Wildman–Crippen LogP) is 0.329. The standard InChI is InChI=1S/C13H18N2O3/c1-11(16)12-5-3-7-15(9-12)10-13(17)14-6-4-8-18-2/h3,5,7,9H,4,6,8,10H2,1-2H3/p+1. The number of methoxy groups -OCH3 is 1. The maximum atomic E-state index is 11.6. The topological polar surface area (TPSA) is 59.3 Å². The molecule has 0 aliphatic rings. The summed E-state index contributed by atoms with van der Waals surface area (Å²) in [6, 6.07) is 3.49. The minimum atomic E-state index is -0.0724. The van der Waals surface area contributed by atoms with Crippen LogP contribution in [0, 0.1) is 0 Å². The van der Waals surface area contributed by atoms with E-state index >= 15 is 0 Å². The number of ketones is 1. The molecule has 18 heavy (non-hydrogen) atoms. The number of nitrogens with zero attached hydrogens (tertiary/aromatic N) is 1. The Morgan fingerprint density at radius 1 is 1.44 bits per heavy atom. The van der Waals surface area contributed by atoms with Gasteiger partial charge in [-0.3, -0.25) is 9.59 Å². The number of carbonyl (C=O) groups is 2. The largest absolute Gasteiger partial charge is 0.385 e. The number of hydrogen-bond acceptors (Lipinski definition) is 3. The Balaban J connectivity index is 2.44. The molecule has 1 aromatic heterocycles. The molecule has 0 saturated carbocycles. The minimum absolute atomic E-state index is 0.00940. The number of amides is 1. The Bertz CT molecular complexity index is 418. The van der Waals surface area contributed by atoms with Gasteiger partial charge in [0.05, 0.1) is 5.56 Å². The number of Topliss-reactive ketones (excluding diaryl/α,β-unsaturated/α-hetero) is 1. The number of ether oxygens (including phenoxy) is 1. The summed E-state index contributed by atoms with van der Waals surface area (Å²) < 4.78 is 6.59. The van der Waals surface area contributed by atoms with Gasteiger partial charge in [-0.05, 0) is 19.4 Å². The molecule has 1 aromatic rings. The highest BCUT2D eigenvalue weighted by molar-refractivity contribution is 5.93. The fourth-order valence-electron chi connectivity index (χ4n) is 1.49. The van der Waals surface area contributed by atoms with Crippen LogP contribution in [0.4, 0.5) is 0 Å². The highest BCUT2D eigenvalue weighted by atomic mass is 16.5. The molecular formula is C13H19N2O3+. The van der Waals surface area contributed by atoms with Gasteiger partial charge in [0.1, 0.15) is 0 Å². The summed E-state index contributed by atoms with van der Waals surface area (Å²) in [5.41, 5.74) is 0.602. The number of hydrogen-bond donors (Lipinski definition) is 1. The summed E-state index contributed by atoms with van der Waals surface area (Å²) in [6.07, 6.45) is 4.23. The number of carbonyl (C=O) groups excluding carboxylic acids is 2. The third kappa shape index (κ3) is 5.05. The van der Waals surface area contributed by atoms with Gasteiger partial charge >= 0.3 is 0 Å². The lowest BCUT2D eigenvalue weighted by Gasteiger charge is -2.02. The van der Waals surface area contributed by atoms with Gasteiger partial charge in [-0.2, -0.15) is 4.57 Å². The third-order valence-electron chi connectivity index (χ3n) is 2.44. The number of nitrogens with one attached hydrogen (secondary N) is 1. The second-order valence-corrected chi connectivity index (χ2v) is 4.02. The van der Waals surface area contributed by atoms with Crippen LogP contribution in [0.1, 0.15) is 23.7 Å². The molecule has 0 aliphatic heterocycles. The Morgan fingerprint density at radius 3 is 2.89 bits per heavy atom. The summed E-state index contributed by atoms with van der Waals surface area (Å²) in [5, 5.41) is 2.79. The molecule has 1 heterocycles. The third-order valence-corrected chi connectivity index (χ3v) is 2.44. The first kappa shape index (κ1) is 14.3. The van der Waals surface area contributed by atoms with Crippen molar-refractivity contribution in [3.63, 3.8) is 0 Å². The molecule has 5 heteroatoms. The molecule has 0 spiro atoms. The van der Waals surface area contributed by atoms with Crippen LogP contribution < -0.4 is 9.88 Å². The normalized spacial score (nSPS) is 10.1. The van der Waals surface area contributed by atoms with Gasteiger partial charge in [0.2, 0.25) is 6.54 Å². The summed E-state index contributed by atoms with van der Waals surface area (Å²) in [4.78, 5) is 22.8. The number of rotatable bonds is 7. The van der Waals surface area contributed by atoms with E-state index in [2.05, 4.69) is 5.32 Å². The van der Waals surface area contributed by atoms with Crippen LogP contribution in [0.3, 0.4) is 0 Å². The average Bonchev–Trinajstić information content (AvgIpc) is 2.35. The molecule has 1 rings (SSSR count). The van der Waals surface area contributed by atoms with Crippen molar-refractivity contribution in [2.45, 2.75) is 19.9 Å².